The van der Waals surface area contributed by atoms with E-state index in [2.05, 4.69) is 41.5 Å². The van der Waals surface area contributed by atoms with E-state index in [1.165, 1.54) is 18.4 Å². The van der Waals surface area contributed by atoms with Gasteiger partial charge in [0.15, 0.2) is 0 Å². The van der Waals surface area contributed by atoms with E-state index in [0.29, 0.717) is 51.5 Å². The second-order valence-corrected chi connectivity index (χ2v) is 27.1. The highest BCUT2D eigenvalue weighted by Crippen LogP contribution is 2.75. The lowest BCUT2D eigenvalue weighted by Gasteiger charge is -2.69. The first kappa shape index (κ1) is 46.7. The molecule has 62 heavy (non-hydrogen) atoms. The van der Waals surface area contributed by atoms with Crippen molar-refractivity contribution in [3.8, 4) is 0 Å². The van der Waals surface area contributed by atoms with Crippen molar-refractivity contribution in [2.45, 2.75) is 213 Å². The number of hydrogen-bond acceptors (Lipinski definition) is 8. The number of hydrogen-bond donors (Lipinski definition) is 5. The molecule has 12 saturated carbocycles. The third-order valence-corrected chi connectivity index (χ3v) is 19.4. The standard InChI is InChI=1S/C18H30BFN2O3.C16H26O3.C15H23FO2/c1-15-6-16(2)8-17(7-15,11-18(20,9-15)10-16)13(21)14(23)22-5-3-4-12(22)19(24)25;1-11(12(17)19-4)15-6-13(2)5-14(3,7-15)9-16(18,8-13)10-15;1-10(11(17)18)14-5-12(2)4-13(3,6-14)8-15(16,7-12)9-14/h12-13,24-25H,3-11,21H2,1-2H3;11,18H,5-10H2,1-4H3;10H,4-9H2,1-3H3,(H,17,18)/t12-,13+,15?,16?,17?,18?;11-,13?,14?,15?,16?;10-,12?,13?,14?,15?/m011/s1. The number of likely N-dealkylation sites (tertiary alicyclic amines) is 1. The molecular formula is C49H79BF2N2O8. The van der Waals surface area contributed by atoms with Crippen molar-refractivity contribution < 1.29 is 48.2 Å². The number of aliphatic carboxylic acids is 1. The number of esters is 1. The Bertz CT molecular complexity index is 1700. The summed E-state index contributed by atoms with van der Waals surface area (Å²) in [4.78, 5) is 38.1. The molecule has 1 saturated heterocycles. The smallest absolute Gasteiger partial charge is 0.475 e. The second-order valence-electron chi connectivity index (χ2n) is 27.1. The monoisotopic (exact) mass is 873 g/mol. The molecule has 0 spiro atoms. The number of halogens is 2. The van der Waals surface area contributed by atoms with E-state index in [9.17, 15) is 34.6 Å². The Balaban J connectivity index is 0.000000130. The van der Waals surface area contributed by atoms with E-state index >= 15 is 8.78 Å². The molecule has 12 aliphatic carbocycles. The Hall–Kier alpha value is -1.83. The van der Waals surface area contributed by atoms with Gasteiger partial charge in [0.1, 0.15) is 11.3 Å². The van der Waals surface area contributed by atoms with Crippen LogP contribution >= 0.6 is 0 Å². The van der Waals surface area contributed by atoms with Gasteiger partial charge in [-0.25, -0.2) is 8.78 Å². The number of nitrogens with zero attached hydrogens (tertiary/aromatic N) is 1. The maximum absolute atomic E-state index is 15.6. The van der Waals surface area contributed by atoms with E-state index in [1.807, 2.05) is 6.92 Å². The Morgan fingerprint density at radius 1 is 0.629 bits per heavy atom. The van der Waals surface area contributed by atoms with Crippen molar-refractivity contribution in [1.29, 1.82) is 0 Å². The van der Waals surface area contributed by atoms with E-state index in [1.54, 1.807) is 6.92 Å². The number of carbonyl (C=O) groups is 3. The van der Waals surface area contributed by atoms with Crippen LogP contribution in [-0.2, 0) is 19.1 Å². The molecule has 1 amide bonds. The van der Waals surface area contributed by atoms with Crippen LogP contribution in [0.15, 0.2) is 0 Å². The lowest BCUT2D eigenvalue weighted by molar-refractivity contribution is -0.239. The summed E-state index contributed by atoms with van der Waals surface area (Å²) >= 11 is 0. The number of aliphatic hydroxyl groups is 1. The predicted molar refractivity (Wildman–Crippen MR) is 233 cm³/mol. The van der Waals surface area contributed by atoms with Crippen LogP contribution < -0.4 is 5.73 Å². The molecule has 13 fully saturated rings. The average molecular weight is 873 g/mol. The molecule has 6 unspecified atom stereocenters. The fourth-order valence-corrected chi connectivity index (χ4v) is 20.8. The van der Waals surface area contributed by atoms with Gasteiger partial charge in [0.05, 0.1) is 36.5 Å². The zero-order valence-electron chi connectivity index (χ0n) is 39.4. The number of carboxylic acid groups (broad SMARTS) is 1. The molecule has 6 N–H and O–H groups in total. The van der Waals surface area contributed by atoms with Crippen LogP contribution in [0.2, 0.25) is 0 Å². The number of methoxy groups -OCH3 is 1. The second kappa shape index (κ2) is 14.1. The normalized spacial score (nSPS) is 52.4. The number of ether oxygens (including phenoxy) is 1. The molecular weight excluding hydrogens is 793 g/mol. The summed E-state index contributed by atoms with van der Waals surface area (Å²) in [5.41, 5.74) is 3.02. The number of amides is 1. The van der Waals surface area contributed by atoms with Crippen molar-refractivity contribution in [3.05, 3.63) is 0 Å². The molecule has 13 aliphatic rings. The van der Waals surface area contributed by atoms with Gasteiger partial charge in [0, 0.05) is 6.54 Å². The van der Waals surface area contributed by atoms with Crippen molar-refractivity contribution in [2.75, 3.05) is 13.7 Å². The van der Waals surface area contributed by atoms with Crippen LogP contribution in [0.5, 0.6) is 0 Å². The van der Waals surface area contributed by atoms with Gasteiger partial charge in [-0.2, -0.15) is 0 Å². The van der Waals surface area contributed by atoms with Crippen LogP contribution in [0.1, 0.15) is 184 Å². The molecule has 1 aliphatic heterocycles. The van der Waals surface area contributed by atoms with Gasteiger partial charge >= 0.3 is 19.1 Å². The number of alkyl halides is 2. The zero-order valence-corrected chi connectivity index (χ0v) is 39.4. The fourth-order valence-electron chi connectivity index (χ4n) is 20.8. The lowest BCUT2D eigenvalue weighted by Crippen LogP contribution is -2.68. The maximum atomic E-state index is 15.6. The first-order valence-electron chi connectivity index (χ1n) is 24.1. The zero-order chi connectivity index (χ0) is 45.8. The van der Waals surface area contributed by atoms with E-state index in [4.69, 9.17) is 10.5 Å². The van der Waals surface area contributed by atoms with E-state index < -0.39 is 53.3 Å². The van der Waals surface area contributed by atoms with Gasteiger partial charge in [-0.15, -0.1) is 0 Å². The topological polar surface area (TPSA) is 171 Å². The van der Waals surface area contributed by atoms with Gasteiger partial charge in [-0.1, -0.05) is 55.4 Å². The molecule has 10 atom stereocenters. The number of nitrogens with two attached hydrogens (primary N) is 1. The minimum absolute atomic E-state index is 0.0158. The summed E-state index contributed by atoms with van der Waals surface area (Å²) in [6.45, 7) is 17.5. The highest BCUT2D eigenvalue weighted by atomic mass is 19.1. The summed E-state index contributed by atoms with van der Waals surface area (Å²) in [5.74, 6) is -2.22. The van der Waals surface area contributed by atoms with Crippen LogP contribution in [0.4, 0.5) is 8.78 Å². The third kappa shape index (κ3) is 7.80. The Morgan fingerprint density at radius 3 is 1.39 bits per heavy atom. The Labute approximate surface area is 369 Å². The summed E-state index contributed by atoms with van der Waals surface area (Å²) in [5, 5.41) is 39.5. The number of carboxylic acids is 1. The highest BCUT2D eigenvalue weighted by molar-refractivity contribution is 6.43. The van der Waals surface area contributed by atoms with Gasteiger partial charge in [-0.3, -0.25) is 14.4 Å². The van der Waals surface area contributed by atoms with E-state index in [-0.39, 0.29) is 61.1 Å². The molecule has 350 valence electrons. The van der Waals surface area contributed by atoms with Crippen molar-refractivity contribution >= 4 is 25.0 Å². The van der Waals surface area contributed by atoms with E-state index in [0.717, 1.165) is 77.0 Å². The van der Waals surface area contributed by atoms with Crippen LogP contribution in [-0.4, -0.2) is 92.7 Å². The quantitative estimate of drug-likeness (QED) is 0.125. The van der Waals surface area contributed by atoms with Gasteiger partial charge in [0.25, 0.3) is 0 Å². The molecule has 0 aromatic carbocycles. The van der Waals surface area contributed by atoms with Gasteiger partial charge in [-0.05, 0) is 177 Å². The molecule has 13 heteroatoms. The van der Waals surface area contributed by atoms with Crippen molar-refractivity contribution in [1.82, 2.24) is 4.90 Å². The van der Waals surface area contributed by atoms with Gasteiger partial charge < -0.3 is 35.6 Å². The van der Waals surface area contributed by atoms with Crippen molar-refractivity contribution in [3.63, 3.8) is 0 Å². The van der Waals surface area contributed by atoms with Crippen LogP contribution in [0.3, 0.4) is 0 Å². The minimum Gasteiger partial charge on any atom is -0.481 e. The molecule has 12 bridgehead atoms. The SMILES string of the molecule is CC12CC3(C)CC(F)(C1)CC([C@H](N)C(=O)N1CCC[C@H]1B(O)O)(C2)C3.COC(=O)[C@@H](C)C12CC3(C)CC(C)(CC(O)(C3)C1)C2.C[C@H](C(=O)O)C12CC3(C)CC(C)(CC(F)(C3)C1)C2. The average Bonchev–Trinajstić information content (AvgIpc) is 3.55. The fraction of sp³-hybridized carbons (Fsp3) is 0.939. The largest absolute Gasteiger partial charge is 0.481 e. The molecule has 10 nitrogen and oxygen atoms in total. The predicted octanol–water partition coefficient (Wildman–Crippen LogP) is 8.11. The molecule has 0 aromatic rings. The van der Waals surface area contributed by atoms with Crippen LogP contribution in [0, 0.1) is 60.6 Å². The summed E-state index contributed by atoms with van der Waals surface area (Å²) in [7, 11) is -0.0742. The molecule has 0 radical (unpaired) electrons. The molecule has 13 rings (SSSR count). The Morgan fingerprint density at radius 2 is 1.02 bits per heavy atom. The molecule has 1 heterocycles. The highest BCUT2D eigenvalue weighted by Gasteiger charge is 2.71. The first-order valence-corrected chi connectivity index (χ1v) is 24.1. The summed E-state index contributed by atoms with van der Waals surface area (Å²) in [6.07, 6.45) is 16.0. The minimum atomic E-state index is -1.54. The maximum Gasteiger partial charge on any atom is 0.475 e. The number of rotatable bonds is 7. The number of carbonyl (C=O) groups excluding carboxylic acids is 2. The lowest BCUT2D eigenvalue weighted by atomic mass is 9.37. The summed E-state index contributed by atoms with van der Waals surface area (Å²) in [6, 6.07) is -0.762. The molecule has 0 aromatic heterocycles. The van der Waals surface area contributed by atoms with Crippen LogP contribution in [0.25, 0.3) is 0 Å². The van der Waals surface area contributed by atoms with Gasteiger partial charge in [0.2, 0.25) is 5.91 Å². The summed E-state index contributed by atoms with van der Waals surface area (Å²) < 4.78 is 35.6. The van der Waals surface area contributed by atoms with Crippen molar-refractivity contribution in [2.24, 2.45) is 66.3 Å². The third-order valence-electron chi connectivity index (χ3n) is 19.4. The first-order chi connectivity index (χ1) is 28.2. The Kier molecular flexibility index (Phi) is 10.6.